The highest BCUT2D eigenvalue weighted by Crippen LogP contribution is 2.44. The van der Waals surface area contributed by atoms with Gasteiger partial charge in [-0.15, -0.1) is 11.3 Å². The number of nitrogens with one attached hydrogen (secondary N) is 1. The standard InChI is InChI=1S/C21H23Cl3N4OS/c1-13-19(21(29)26-28(2)10-4-3-5-11-28)25-27(16-7-6-14(22)12-15(16)23)20(13)17-8-9-18(24)30-17/h6-9,12-13,20H,3-5,10-11H2,1-2H3/p+1/t13-,20+/m1/s1. The van der Waals surface area contributed by atoms with Gasteiger partial charge in [0.15, 0.2) is 0 Å². The van der Waals surface area contributed by atoms with Crippen LogP contribution < -0.4 is 10.4 Å². The quantitative estimate of drug-likeness (QED) is 0.545. The Morgan fingerprint density at radius 1 is 1.17 bits per heavy atom. The number of carbonyl (C=O) groups is 1. The zero-order valence-corrected chi connectivity index (χ0v) is 20.0. The highest BCUT2D eigenvalue weighted by atomic mass is 35.5. The third-order valence-corrected chi connectivity index (χ3v) is 7.67. The Labute approximate surface area is 195 Å². The van der Waals surface area contributed by atoms with Crippen LogP contribution in [0.5, 0.6) is 0 Å². The zero-order chi connectivity index (χ0) is 21.5. The number of thiophene rings is 1. The Hall–Kier alpha value is -1.31. The Kier molecular flexibility index (Phi) is 6.33. The molecule has 1 fully saturated rings. The smallest absolute Gasteiger partial charge is 0.263 e. The molecule has 1 aromatic carbocycles. The monoisotopic (exact) mass is 485 g/mol. The number of rotatable bonds is 4. The number of hydrazone groups is 1. The third kappa shape index (κ3) is 4.34. The van der Waals surface area contributed by atoms with Gasteiger partial charge >= 0.3 is 5.91 Å². The summed E-state index contributed by atoms with van der Waals surface area (Å²) in [7, 11) is 2.07. The average molecular weight is 487 g/mol. The summed E-state index contributed by atoms with van der Waals surface area (Å²) < 4.78 is 1.24. The second-order valence-corrected chi connectivity index (χ2v) is 10.7. The predicted octanol–water partition coefficient (Wildman–Crippen LogP) is 5.92. The molecule has 0 saturated carbocycles. The van der Waals surface area contributed by atoms with Crippen LogP contribution in [0.4, 0.5) is 5.69 Å². The maximum Gasteiger partial charge on any atom is 0.312 e. The second-order valence-electron chi connectivity index (χ2n) is 8.15. The third-order valence-electron chi connectivity index (χ3n) is 5.83. The van der Waals surface area contributed by atoms with E-state index in [9.17, 15) is 4.79 Å². The van der Waals surface area contributed by atoms with Gasteiger partial charge in [0.05, 0.1) is 28.1 Å². The van der Waals surface area contributed by atoms with Crippen molar-refractivity contribution in [2.24, 2.45) is 11.0 Å². The van der Waals surface area contributed by atoms with Gasteiger partial charge in [-0.05, 0) is 49.6 Å². The fourth-order valence-corrected chi connectivity index (χ4v) is 5.98. The molecule has 0 radical (unpaired) electrons. The SMILES string of the molecule is C[C@@H]1C(C(=O)N[N+]2(C)CCCCC2)=NN(c2ccc(Cl)cc2Cl)[C@@H]1c1ccc(Cl)s1. The number of benzene rings is 1. The number of anilines is 1. The van der Waals surface area contributed by atoms with Crippen LogP contribution in [0, 0.1) is 5.92 Å². The van der Waals surface area contributed by atoms with Crippen molar-refractivity contribution in [2.75, 3.05) is 25.1 Å². The maximum atomic E-state index is 13.3. The van der Waals surface area contributed by atoms with Gasteiger partial charge in [-0.1, -0.05) is 41.7 Å². The Morgan fingerprint density at radius 3 is 2.53 bits per heavy atom. The summed E-state index contributed by atoms with van der Waals surface area (Å²) in [4.78, 5) is 14.3. The first-order valence-electron chi connectivity index (χ1n) is 10.0. The van der Waals surface area contributed by atoms with E-state index in [2.05, 4.69) is 12.5 Å². The lowest BCUT2D eigenvalue weighted by Gasteiger charge is -2.36. The molecular formula is C21H24Cl3N4OS+. The molecule has 2 aromatic rings. The molecule has 2 atom stereocenters. The van der Waals surface area contributed by atoms with E-state index in [-0.39, 0.29) is 17.9 Å². The molecule has 160 valence electrons. The van der Waals surface area contributed by atoms with Crippen molar-refractivity contribution in [1.82, 2.24) is 5.43 Å². The average Bonchev–Trinajstić information content (AvgIpc) is 3.25. The van der Waals surface area contributed by atoms with Crippen LogP contribution in [0.3, 0.4) is 0 Å². The molecular weight excluding hydrogens is 463 g/mol. The molecule has 2 aliphatic rings. The number of hydrogen-bond acceptors (Lipinski definition) is 4. The van der Waals surface area contributed by atoms with Gasteiger partial charge in [0, 0.05) is 15.8 Å². The Balaban J connectivity index is 1.69. The van der Waals surface area contributed by atoms with Crippen LogP contribution in [-0.4, -0.2) is 36.3 Å². The number of hydrogen-bond donors (Lipinski definition) is 1. The zero-order valence-electron chi connectivity index (χ0n) is 16.9. The minimum Gasteiger partial charge on any atom is -0.263 e. The van der Waals surface area contributed by atoms with Crippen molar-refractivity contribution < 1.29 is 9.39 Å². The molecule has 30 heavy (non-hydrogen) atoms. The Bertz CT molecular complexity index is 986. The van der Waals surface area contributed by atoms with E-state index < -0.39 is 0 Å². The lowest BCUT2D eigenvalue weighted by molar-refractivity contribution is -0.947. The van der Waals surface area contributed by atoms with Gasteiger partial charge in [0.2, 0.25) is 0 Å². The highest BCUT2D eigenvalue weighted by Gasteiger charge is 2.42. The highest BCUT2D eigenvalue weighted by molar-refractivity contribution is 7.16. The first-order chi connectivity index (χ1) is 14.3. The number of amides is 1. The molecule has 3 heterocycles. The van der Waals surface area contributed by atoms with E-state index in [1.54, 1.807) is 12.1 Å². The van der Waals surface area contributed by atoms with Gasteiger partial charge in [-0.25, -0.2) is 4.59 Å². The van der Waals surface area contributed by atoms with Gasteiger partial charge in [-0.2, -0.15) is 10.5 Å². The van der Waals surface area contributed by atoms with E-state index in [0.717, 1.165) is 30.8 Å². The van der Waals surface area contributed by atoms with Crippen LogP contribution in [-0.2, 0) is 4.79 Å². The van der Waals surface area contributed by atoms with Crippen LogP contribution in [0.1, 0.15) is 37.1 Å². The minimum atomic E-state index is -0.173. The normalized spacial score (nSPS) is 23.4. The summed E-state index contributed by atoms with van der Waals surface area (Å²) in [6.07, 6.45) is 3.44. The number of nitrogens with zero attached hydrogens (tertiary/aromatic N) is 3. The molecule has 4 rings (SSSR count). The van der Waals surface area contributed by atoms with E-state index in [1.807, 2.05) is 30.1 Å². The van der Waals surface area contributed by atoms with Crippen LogP contribution >= 0.6 is 46.1 Å². The van der Waals surface area contributed by atoms with Crippen LogP contribution in [0.2, 0.25) is 14.4 Å². The molecule has 5 nitrogen and oxygen atoms in total. The topological polar surface area (TPSA) is 44.7 Å². The van der Waals surface area contributed by atoms with Crippen molar-refractivity contribution in [3.63, 3.8) is 0 Å². The first-order valence-corrected chi connectivity index (χ1v) is 12.0. The first kappa shape index (κ1) is 21.9. The van der Waals surface area contributed by atoms with Crippen LogP contribution in [0.15, 0.2) is 35.4 Å². The summed E-state index contributed by atoms with van der Waals surface area (Å²) in [5.41, 5.74) is 4.42. The molecule has 0 bridgehead atoms. The fourth-order valence-electron chi connectivity index (χ4n) is 4.23. The molecule has 0 unspecified atom stereocenters. The fraction of sp³-hybridized carbons (Fsp3) is 0.429. The van der Waals surface area contributed by atoms with E-state index in [0.29, 0.717) is 30.4 Å². The molecule has 1 amide bonds. The number of halogens is 3. The largest absolute Gasteiger partial charge is 0.312 e. The maximum absolute atomic E-state index is 13.3. The minimum absolute atomic E-state index is 0.132. The van der Waals surface area contributed by atoms with Crippen molar-refractivity contribution in [3.05, 3.63) is 49.6 Å². The summed E-state index contributed by atoms with van der Waals surface area (Å²) in [5, 5.41) is 7.63. The van der Waals surface area contributed by atoms with E-state index in [1.165, 1.54) is 17.8 Å². The number of carbonyl (C=O) groups excluding carboxylic acids is 1. The van der Waals surface area contributed by atoms with Gasteiger partial charge in [0.25, 0.3) is 0 Å². The lowest BCUT2D eigenvalue weighted by Crippen LogP contribution is -2.61. The van der Waals surface area contributed by atoms with Gasteiger partial charge in [-0.3, -0.25) is 9.80 Å². The molecule has 2 aliphatic heterocycles. The van der Waals surface area contributed by atoms with Gasteiger partial charge < -0.3 is 0 Å². The van der Waals surface area contributed by atoms with Crippen molar-refractivity contribution in [2.45, 2.75) is 32.2 Å². The molecule has 9 heteroatoms. The van der Waals surface area contributed by atoms with E-state index in [4.69, 9.17) is 39.9 Å². The molecule has 0 aliphatic carbocycles. The number of quaternary nitrogens is 1. The van der Waals surface area contributed by atoms with Gasteiger partial charge in [0.1, 0.15) is 18.8 Å². The summed E-state index contributed by atoms with van der Waals surface area (Å²) in [6.45, 7) is 3.89. The second kappa shape index (κ2) is 8.67. The number of likely N-dealkylation sites (tertiary alicyclic amines) is 1. The predicted molar refractivity (Wildman–Crippen MR) is 126 cm³/mol. The molecule has 1 saturated heterocycles. The summed E-state index contributed by atoms with van der Waals surface area (Å²) in [6, 6.07) is 8.98. The van der Waals surface area contributed by atoms with Crippen molar-refractivity contribution in [3.8, 4) is 0 Å². The molecule has 0 spiro atoms. The van der Waals surface area contributed by atoms with Crippen LogP contribution in [0.25, 0.3) is 0 Å². The molecule has 1 aromatic heterocycles. The lowest BCUT2D eigenvalue weighted by atomic mass is 9.95. The molecule has 1 N–H and O–H groups in total. The van der Waals surface area contributed by atoms with E-state index >= 15 is 0 Å². The summed E-state index contributed by atoms with van der Waals surface area (Å²) >= 11 is 20.3. The van der Waals surface area contributed by atoms with Crippen molar-refractivity contribution in [1.29, 1.82) is 0 Å². The Morgan fingerprint density at radius 2 is 1.90 bits per heavy atom. The van der Waals surface area contributed by atoms with Crippen molar-refractivity contribution >= 4 is 63.4 Å². The summed E-state index contributed by atoms with van der Waals surface area (Å²) in [5.74, 6) is -0.269. The number of piperidine rings is 1.